The van der Waals surface area contributed by atoms with Gasteiger partial charge in [-0.05, 0) is 44.7 Å². The first-order valence-corrected chi connectivity index (χ1v) is 6.59. The maximum absolute atomic E-state index is 5.82. The van der Waals surface area contributed by atoms with E-state index >= 15 is 0 Å². The lowest BCUT2D eigenvalue weighted by Gasteiger charge is -2.31. The van der Waals surface area contributed by atoms with Gasteiger partial charge >= 0.3 is 0 Å². The summed E-state index contributed by atoms with van der Waals surface area (Å²) < 4.78 is 0. The van der Waals surface area contributed by atoms with Crippen molar-refractivity contribution >= 4 is 0 Å². The summed E-state index contributed by atoms with van der Waals surface area (Å²) in [7, 11) is 2.28. The first-order valence-electron chi connectivity index (χ1n) is 6.59. The average Bonchev–Trinajstić information content (AvgIpc) is 2.65. The van der Waals surface area contributed by atoms with Crippen LogP contribution in [0.5, 0.6) is 0 Å². The van der Waals surface area contributed by atoms with Gasteiger partial charge in [0, 0.05) is 12.6 Å². The van der Waals surface area contributed by atoms with Crippen molar-refractivity contribution in [3.63, 3.8) is 0 Å². The summed E-state index contributed by atoms with van der Waals surface area (Å²) in [6, 6.07) is 0.759. The fraction of sp³-hybridized carbons (Fsp3) is 1.00. The third-order valence-corrected chi connectivity index (χ3v) is 3.87. The van der Waals surface area contributed by atoms with Crippen LogP contribution in [0.15, 0.2) is 0 Å². The Balaban J connectivity index is 2.35. The highest BCUT2D eigenvalue weighted by atomic mass is 15.1. The Morgan fingerprint density at radius 2 is 2.13 bits per heavy atom. The van der Waals surface area contributed by atoms with E-state index in [1.165, 1.54) is 38.6 Å². The fourth-order valence-corrected chi connectivity index (χ4v) is 3.08. The minimum Gasteiger partial charge on any atom is -0.330 e. The van der Waals surface area contributed by atoms with E-state index in [4.69, 9.17) is 5.73 Å². The molecule has 0 spiro atoms. The topological polar surface area (TPSA) is 29.3 Å². The van der Waals surface area contributed by atoms with Gasteiger partial charge in [0.2, 0.25) is 0 Å². The molecule has 2 nitrogen and oxygen atoms in total. The molecule has 0 heterocycles. The summed E-state index contributed by atoms with van der Waals surface area (Å²) in [4.78, 5) is 2.56. The molecule has 0 amide bonds. The molecule has 0 saturated heterocycles. The van der Waals surface area contributed by atoms with E-state index in [0.29, 0.717) is 0 Å². The Morgan fingerprint density at radius 1 is 1.40 bits per heavy atom. The normalized spacial score (nSPS) is 28.6. The molecule has 3 unspecified atom stereocenters. The highest BCUT2D eigenvalue weighted by molar-refractivity contribution is 4.85. The average molecular weight is 212 g/mol. The Kier molecular flexibility index (Phi) is 5.62. The molecule has 0 aromatic heterocycles. The largest absolute Gasteiger partial charge is 0.330 e. The Hall–Kier alpha value is -0.0800. The molecule has 15 heavy (non-hydrogen) atoms. The zero-order valence-electron chi connectivity index (χ0n) is 10.7. The zero-order chi connectivity index (χ0) is 11.3. The summed E-state index contributed by atoms with van der Waals surface area (Å²) in [5, 5.41) is 0. The van der Waals surface area contributed by atoms with Crippen LogP contribution in [0.2, 0.25) is 0 Å². The maximum atomic E-state index is 5.82. The zero-order valence-corrected chi connectivity index (χ0v) is 10.7. The molecule has 90 valence electrons. The minimum absolute atomic E-state index is 0.754. The first-order chi connectivity index (χ1) is 7.19. The van der Waals surface area contributed by atoms with E-state index in [1.807, 2.05) is 0 Å². The van der Waals surface area contributed by atoms with Crippen LogP contribution in [0.1, 0.15) is 46.0 Å². The van der Waals surface area contributed by atoms with E-state index in [-0.39, 0.29) is 0 Å². The molecule has 0 bridgehead atoms. The molecule has 0 radical (unpaired) electrons. The summed E-state index contributed by atoms with van der Waals surface area (Å²) >= 11 is 0. The van der Waals surface area contributed by atoms with E-state index in [2.05, 4.69) is 25.8 Å². The SMILES string of the molecule is CCCC(C)CN(C)C1CCCC1CN. The van der Waals surface area contributed by atoms with Crippen LogP contribution in [0.3, 0.4) is 0 Å². The Bertz CT molecular complexity index is 170. The van der Waals surface area contributed by atoms with Crippen LogP contribution in [-0.4, -0.2) is 31.1 Å². The maximum Gasteiger partial charge on any atom is 0.0133 e. The Labute approximate surface area is 95.2 Å². The molecule has 1 rings (SSSR count). The van der Waals surface area contributed by atoms with Crippen LogP contribution in [0.4, 0.5) is 0 Å². The second-order valence-electron chi connectivity index (χ2n) is 5.33. The standard InChI is InChI=1S/C13H28N2/c1-4-6-11(2)10-15(3)13-8-5-7-12(13)9-14/h11-13H,4-10,14H2,1-3H3. The van der Waals surface area contributed by atoms with Gasteiger partial charge in [-0.1, -0.05) is 26.7 Å². The van der Waals surface area contributed by atoms with Gasteiger partial charge in [0.25, 0.3) is 0 Å². The predicted octanol–water partition coefficient (Wildman–Crippen LogP) is 2.48. The van der Waals surface area contributed by atoms with Crippen LogP contribution in [0, 0.1) is 11.8 Å². The van der Waals surface area contributed by atoms with Crippen LogP contribution in [0.25, 0.3) is 0 Å². The van der Waals surface area contributed by atoms with Gasteiger partial charge in [0.15, 0.2) is 0 Å². The van der Waals surface area contributed by atoms with Crippen LogP contribution < -0.4 is 5.73 Å². The van der Waals surface area contributed by atoms with Crippen LogP contribution in [-0.2, 0) is 0 Å². The van der Waals surface area contributed by atoms with Crippen LogP contribution >= 0.6 is 0 Å². The molecule has 0 aromatic rings. The third kappa shape index (κ3) is 3.76. The van der Waals surface area contributed by atoms with Crippen molar-refractivity contribution in [2.45, 2.75) is 52.0 Å². The minimum atomic E-state index is 0.754. The van der Waals surface area contributed by atoms with Gasteiger partial charge in [0.1, 0.15) is 0 Å². The number of hydrogen-bond acceptors (Lipinski definition) is 2. The number of nitrogens with two attached hydrogens (primary N) is 1. The van der Waals surface area contributed by atoms with E-state index < -0.39 is 0 Å². The molecule has 1 aliphatic rings. The van der Waals surface area contributed by atoms with E-state index in [0.717, 1.165) is 24.4 Å². The summed E-state index contributed by atoms with van der Waals surface area (Å²) in [6.45, 7) is 6.76. The van der Waals surface area contributed by atoms with Crippen molar-refractivity contribution in [2.24, 2.45) is 17.6 Å². The van der Waals surface area contributed by atoms with E-state index in [1.54, 1.807) is 0 Å². The van der Waals surface area contributed by atoms with Gasteiger partial charge in [-0.3, -0.25) is 0 Å². The summed E-state index contributed by atoms with van der Waals surface area (Å²) in [5.41, 5.74) is 5.82. The van der Waals surface area contributed by atoms with Crippen molar-refractivity contribution < 1.29 is 0 Å². The number of rotatable bonds is 6. The van der Waals surface area contributed by atoms with Crippen molar-refractivity contribution in [3.8, 4) is 0 Å². The van der Waals surface area contributed by atoms with Crippen molar-refractivity contribution in [1.29, 1.82) is 0 Å². The van der Waals surface area contributed by atoms with Gasteiger partial charge in [-0.15, -0.1) is 0 Å². The lowest BCUT2D eigenvalue weighted by atomic mass is 10.00. The molecule has 1 saturated carbocycles. The monoisotopic (exact) mass is 212 g/mol. The van der Waals surface area contributed by atoms with Crippen molar-refractivity contribution in [1.82, 2.24) is 4.90 Å². The molecule has 1 aliphatic carbocycles. The molecule has 0 aromatic carbocycles. The quantitative estimate of drug-likeness (QED) is 0.733. The number of nitrogens with zero attached hydrogens (tertiary/aromatic N) is 1. The first kappa shape index (κ1) is 13.0. The van der Waals surface area contributed by atoms with Gasteiger partial charge in [-0.25, -0.2) is 0 Å². The van der Waals surface area contributed by atoms with Gasteiger partial charge in [-0.2, -0.15) is 0 Å². The lowest BCUT2D eigenvalue weighted by molar-refractivity contribution is 0.173. The van der Waals surface area contributed by atoms with Crippen molar-refractivity contribution in [3.05, 3.63) is 0 Å². The number of hydrogen-bond donors (Lipinski definition) is 1. The van der Waals surface area contributed by atoms with E-state index in [9.17, 15) is 0 Å². The fourth-order valence-electron chi connectivity index (χ4n) is 3.08. The highest BCUT2D eigenvalue weighted by Crippen LogP contribution is 2.29. The molecular weight excluding hydrogens is 184 g/mol. The third-order valence-electron chi connectivity index (χ3n) is 3.87. The van der Waals surface area contributed by atoms with Crippen molar-refractivity contribution in [2.75, 3.05) is 20.1 Å². The predicted molar refractivity (Wildman–Crippen MR) is 66.9 cm³/mol. The van der Waals surface area contributed by atoms with Gasteiger partial charge in [0.05, 0.1) is 0 Å². The molecule has 2 N–H and O–H groups in total. The Morgan fingerprint density at radius 3 is 2.73 bits per heavy atom. The second-order valence-corrected chi connectivity index (χ2v) is 5.33. The summed E-state index contributed by atoms with van der Waals surface area (Å²) in [6.07, 6.45) is 6.73. The lowest BCUT2D eigenvalue weighted by Crippen LogP contribution is -2.39. The summed E-state index contributed by atoms with van der Waals surface area (Å²) in [5.74, 6) is 1.59. The van der Waals surface area contributed by atoms with Gasteiger partial charge < -0.3 is 10.6 Å². The molecule has 2 heteroatoms. The highest BCUT2D eigenvalue weighted by Gasteiger charge is 2.29. The second kappa shape index (κ2) is 6.49. The molecule has 0 aliphatic heterocycles. The molecule has 3 atom stereocenters. The molecular formula is C13H28N2. The molecule has 1 fully saturated rings. The smallest absolute Gasteiger partial charge is 0.0133 e.